The van der Waals surface area contributed by atoms with Crippen LogP contribution < -0.4 is 9.47 Å². The Bertz CT molecular complexity index is 938. The lowest BCUT2D eigenvalue weighted by Gasteiger charge is -2.11. The minimum absolute atomic E-state index is 0.0871. The smallest absolute Gasteiger partial charge is 0.344 e. The van der Waals surface area contributed by atoms with Crippen molar-refractivity contribution >= 4 is 51.1 Å². The van der Waals surface area contributed by atoms with Gasteiger partial charge < -0.3 is 14.7 Å². The fraction of sp³-hybridized carbons (Fsp3) is 0.125. The standard InChI is InChI=1S/C16H11ClIN3O4/c17-11-7-12(18)16(15-10(11)3-1-4-20-15)25-9-14(22)24-8-13-19-5-2-6-21(13)23/h1-7H,8-9H2. The summed E-state index contributed by atoms with van der Waals surface area (Å²) in [6.45, 7) is -0.557. The van der Waals surface area contributed by atoms with Crippen molar-refractivity contribution in [2.45, 2.75) is 6.61 Å². The lowest BCUT2D eigenvalue weighted by atomic mass is 10.2. The third-order valence-electron chi connectivity index (χ3n) is 3.23. The van der Waals surface area contributed by atoms with Gasteiger partial charge in [0.1, 0.15) is 11.7 Å². The van der Waals surface area contributed by atoms with E-state index in [1.807, 2.05) is 6.07 Å². The number of benzene rings is 1. The van der Waals surface area contributed by atoms with Gasteiger partial charge in [-0.25, -0.2) is 9.52 Å². The number of rotatable bonds is 5. The van der Waals surface area contributed by atoms with Crippen LogP contribution in [-0.2, 0) is 16.1 Å². The fourth-order valence-corrected chi connectivity index (χ4v) is 3.26. The SMILES string of the molecule is O=C(COc1c(I)cc(Cl)c2cccnc12)OCc1nccc[n+]1[O-]. The highest BCUT2D eigenvalue weighted by Crippen LogP contribution is 2.34. The summed E-state index contributed by atoms with van der Waals surface area (Å²) in [6.07, 6.45) is 4.34. The Labute approximate surface area is 161 Å². The van der Waals surface area contributed by atoms with Gasteiger partial charge in [0.15, 0.2) is 19.0 Å². The van der Waals surface area contributed by atoms with Crippen molar-refractivity contribution in [3.63, 3.8) is 0 Å². The first kappa shape index (κ1) is 17.6. The second-order valence-corrected chi connectivity index (χ2v) is 6.45. The molecule has 0 saturated carbocycles. The fourth-order valence-electron chi connectivity index (χ4n) is 2.09. The van der Waals surface area contributed by atoms with Crippen LogP contribution in [0.15, 0.2) is 42.9 Å². The molecule has 3 rings (SSSR count). The van der Waals surface area contributed by atoms with Crippen LogP contribution in [0.2, 0.25) is 5.02 Å². The molecular formula is C16H11ClIN3O4. The Kier molecular flexibility index (Phi) is 5.49. The van der Waals surface area contributed by atoms with E-state index >= 15 is 0 Å². The van der Waals surface area contributed by atoms with E-state index in [9.17, 15) is 10.0 Å². The number of carbonyl (C=O) groups is 1. The number of esters is 1. The molecule has 25 heavy (non-hydrogen) atoms. The number of nitrogens with zero attached hydrogens (tertiary/aromatic N) is 3. The summed E-state index contributed by atoms with van der Waals surface area (Å²) >= 11 is 8.26. The summed E-state index contributed by atoms with van der Waals surface area (Å²) in [5, 5.41) is 12.7. The third kappa shape index (κ3) is 4.07. The van der Waals surface area contributed by atoms with Gasteiger partial charge in [0.25, 0.3) is 0 Å². The number of carbonyl (C=O) groups excluding carboxylic acids is 1. The highest BCUT2D eigenvalue weighted by atomic mass is 127. The number of aromatic nitrogens is 3. The summed E-state index contributed by atoms with van der Waals surface area (Å²) in [7, 11) is 0. The first-order chi connectivity index (χ1) is 12.1. The molecule has 0 aliphatic carbocycles. The number of fused-ring (bicyclic) bond motifs is 1. The summed E-state index contributed by atoms with van der Waals surface area (Å²) < 4.78 is 11.8. The summed E-state index contributed by atoms with van der Waals surface area (Å²) in [6, 6.07) is 6.81. The molecule has 0 unspecified atom stereocenters. The van der Waals surface area contributed by atoms with Crippen LogP contribution in [0.4, 0.5) is 0 Å². The second-order valence-electron chi connectivity index (χ2n) is 4.88. The van der Waals surface area contributed by atoms with Crippen LogP contribution in [0.1, 0.15) is 5.82 Å². The van der Waals surface area contributed by atoms with Crippen LogP contribution in [0, 0.1) is 8.78 Å². The Morgan fingerprint density at radius 1 is 1.32 bits per heavy atom. The van der Waals surface area contributed by atoms with Crippen molar-refractivity contribution in [1.29, 1.82) is 0 Å². The molecular weight excluding hydrogens is 461 g/mol. The van der Waals surface area contributed by atoms with Gasteiger partial charge in [-0.3, -0.25) is 4.98 Å². The van der Waals surface area contributed by atoms with Gasteiger partial charge in [-0.05, 0) is 45.8 Å². The molecule has 0 aliphatic heterocycles. The first-order valence-corrected chi connectivity index (χ1v) is 8.56. The van der Waals surface area contributed by atoms with Crippen LogP contribution in [0.5, 0.6) is 5.75 Å². The van der Waals surface area contributed by atoms with E-state index in [0.29, 0.717) is 21.0 Å². The van der Waals surface area contributed by atoms with E-state index in [-0.39, 0.29) is 19.0 Å². The zero-order chi connectivity index (χ0) is 17.8. The lowest BCUT2D eigenvalue weighted by Crippen LogP contribution is -2.33. The maximum atomic E-state index is 11.9. The molecule has 1 aromatic carbocycles. The molecule has 0 bridgehead atoms. The van der Waals surface area contributed by atoms with Crippen molar-refractivity contribution < 1.29 is 19.0 Å². The van der Waals surface area contributed by atoms with Crippen molar-refractivity contribution in [1.82, 2.24) is 9.97 Å². The molecule has 3 aromatic rings. The quantitative estimate of drug-likeness (QED) is 0.246. The Morgan fingerprint density at radius 2 is 2.12 bits per heavy atom. The average Bonchev–Trinajstić information content (AvgIpc) is 2.61. The van der Waals surface area contributed by atoms with Gasteiger partial charge in [0, 0.05) is 17.6 Å². The predicted molar refractivity (Wildman–Crippen MR) is 98.0 cm³/mol. The normalized spacial score (nSPS) is 10.6. The number of halogens is 2. The van der Waals surface area contributed by atoms with Crippen LogP contribution >= 0.6 is 34.2 Å². The minimum atomic E-state index is -0.625. The van der Waals surface area contributed by atoms with Crippen molar-refractivity contribution in [3.8, 4) is 5.75 Å². The Hall–Kier alpha value is -2.20. The molecule has 0 N–H and O–H groups in total. The molecule has 0 saturated heterocycles. The number of ether oxygens (including phenoxy) is 2. The van der Waals surface area contributed by atoms with Crippen molar-refractivity contribution in [2.75, 3.05) is 6.61 Å². The Morgan fingerprint density at radius 3 is 2.92 bits per heavy atom. The molecule has 7 nitrogen and oxygen atoms in total. The van der Waals surface area contributed by atoms with Crippen LogP contribution in [0.25, 0.3) is 10.9 Å². The van der Waals surface area contributed by atoms with E-state index in [0.717, 1.165) is 8.96 Å². The maximum Gasteiger partial charge on any atom is 0.344 e. The molecule has 0 aliphatic rings. The van der Waals surface area contributed by atoms with Crippen LogP contribution in [-0.4, -0.2) is 22.5 Å². The molecule has 9 heteroatoms. The third-order valence-corrected chi connectivity index (χ3v) is 4.35. The summed E-state index contributed by atoms with van der Waals surface area (Å²) in [4.78, 5) is 20.0. The summed E-state index contributed by atoms with van der Waals surface area (Å²) in [5.41, 5.74) is 0.564. The first-order valence-electron chi connectivity index (χ1n) is 7.10. The van der Waals surface area contributed by atoms with Gasteiger partial charge in [-0.1, -0.05) is 11.6 Å². The van der Waals surface area contributed by atoms with E-state index < -0.39 is 5.97 Å². The molecule has 2 heterocycles. The monoisotopic (exact) mass is 471 g/mol. The van der Waals surface area contributed by atoms with Gasteiger partial charge in [0.05, 0.1) is 14.8 Å². The van der Waals surface area contributed by atoms with Crippen molar-refractivity contribution in [3.05, 3.63) is 62.5 Å². The van der Waals surface area contributed by atoms with E-state index in [1.165, 1.54) is 18.5 Å². The van der Waals surface area contributed by atoms with Crippen LogP contribution in [0.3, 0.4) is 0 Å². The van der Waals surface area contributed by atoms with Crippen molar-refractivity contribution in [2.24, 2.45) is 0 Å². The predicted octanol–water partition coefficient (Wildman–Crippen LogP) is 2.64. The molecule has 0 atom stereocenters. The molecule has 0 amide bonds. The zero-order valence-electron chi connectivity index (χ0n) is 12.7. The van der Waals surface area contributed by atoms with Gasteiger partial charge in [-0.15, -0.1) is 0 Å². The van der Waals surface area contributed by atoms with Gasteiger partial charge in [0.2, 0.25) is 0 Å². The highest BCUT2D eigenvalue weighted by molar-refractivity contribution is 14.1. The van der Waals surface area contributed by atoms with E-state index in [2.05, 4.69) is 32.6 Å². The molecule has 0 fully saturated rings. The average molecular weight is 472 g/mol. The molecule has 0 radical (unpaired) electrons. The van der Waals surface area contributed by atoms with Gasteiger partial charge >= 0.3 is 11.8 Å². The number of hydrogen-bond donors (Lipinski definition) is 0. The molecule has 2 aromatic heterocycles. The number of pyridine rings is 1. The highest BCUT2D eigenvalue weighted by Gasteiger charge is 2.15. The molecule has 128 valence electrons. The molecule has 0 spiro atoms. The maximum absolute atomic E-state index is 11.9. The minimum Gasteiger partial charge on any atom is -0.711 e. The summed E-state index contributed by atoms with van der Waals surface area (Å²) in [5.74, 6) is -0.0844. The van der Waals surface area contributed by atoms with E-state index in [4.69, 9.17) is 21.1 Å². The number of hydrogen-bond acceptors (Lipinski definition) is 6. The zero-order valence-corrected chi connectivity index (χ0v) is 15.6. The lowest BCUT2D eigenvalue weighted by molar-refractivity contribution is -0.620. The largest absolute Gasteiger partial charge is 0.711 e. The van der Waals surface area contributed by atoms with Gasteiger partial charge in [-0.2, -0.15) is 0 Å². The topological polar surface area (TPSA) is 88.2 Å². The second kappa shape index (κ2) is 7.79. The van der Waals surface area contributed by atoms with E-state index in [1.54, 1.807) is 18.3 Å². The Balaban J connectivity index is 1.68.